The Morgan fingerprint density at radius 3 is 2.35 bits per heavy atom. The molecule has 2 aromatic heterocycles. The van der Waals surface area contributed by atoms with Crippen molar-refractivity contribution in [1.29, 1.82) is 0 Å². The molecule has 0 spiro atoms. The Morgan fingerprint density at radius 1 is 1.06 bits per heavy atom. The van der Waals surface area contributed by atoms with Crippen LogP contribution < -0.4 is 5.01 Å². The van der Waals surface area contributed by atoms with E-state index in [0.717, 1.165) is 17.2 Å². The zero-order valence-corrected chi connectivity index (χ0v) is 9.91. The summed E-state index contributed by atoms with van der Waals surface area (Å²) in [5.74, 6) is 0.808. The fraction of sp³-hybridized carbons (Fsp3) is 0.154. The van der Waals surface area contributed by atoms with E-state index in [9.17, 15) is 0 Å². The van der Waals surface area contributed by atoms with Crippen LogP contribution in [0.1, 0.15) is 12.6 Å². The maximum atomic E-state index is 4.44. The van der Waals surface area contributed by atoms with Crippen LogP contribution in [0.5, 0.6) is 0 Å². The van der Waals surface area contributed by atoms with Crippen LogP contribution in [0, 0.1) is 0 Å². The van der Waals surface area contributed by atoms with Gasteiger partial charge in [-0.15, -0.1) is 0 Å². The zero-order valence-electron chi connectivity index (χ0n) is 9.91. The lowest BCUT2D eigenvalue weighted by molar-refractivity contribution is 0.973. The summed E-state index contributed by atoms with van der Waals surface area (Å²) < 4.78 is 0. The molecule has 0 aliphatic heterocycles. The Labute approximate surface area is 101 Å². The number of hydrogen-bond acceptors (Lipinski definition) is 4. The van der Waals surface area contributed by atoms with Gasteiger partial charge < -0.3 is 0 Å². The molecule has 0 bridgehead atoms. The molecule has 0 aliphatic rings. The van der Waals surface area contributed by atoms with Crippen molar-refractivity contribution in [2.75, 3.05) is 12.1 Å². The van der Waals surface area contributed by atoms with E-state index in [2.05, 4.69) is 15.1 Å². The summed E-state index contributed by atoms with van der Waals surface area (Å²) in [6.45, 7) is 1.93. The van der Waals surface area contributed by atoms with Crippen molar-refractivity contribution in [3.63, 3.8) is 0 Å². The van der Waals surface area contributed by atoms with Crippen molar-refractivity contribution in [3.05, 3.63) is 54.5 Å². The number of rotatable bonds is 3. The van der Waals surface area contributed by atoms with E-state index in [0.29, 0.717) is 0 Å². The molecule has 86 valence electrons. The number of hydrogen-bond donors (Lipinski definition) is 0. The van der Waals surface area contributed by atoms with Crippen molar-refractivity contribution >= 4 is 11.5 Å². The van der Waals surface area contributed by atoms with Crippen molar-refractivity contribution in [1.82, 2.24) is 9.97 Å². The number of anilines is 1. The Bertz CT molecular complexity index is 493. The highest BCUT2D eigenvalue weighted by Gasteiger charge is 2.02. The highest BCUT2D eigenvalue weighted by atomic mass is 15.5. The topological polar surface area (TPSA) is 41.4 Å². The quantitative estimate of drug-likeness (QED) is 0.596. The van der Waals surface area contributed by atoms with Crippen molar-refractivity contribution in [3.8, 4) is 0 Å². The smallest absolute Gasteiger partial charge is 0.148 e. The van der Waals surface area contributed by atoms with Gasteiger partial charge in [0.1, 0.15) is 5.82 Å². The van der Waals surface area contributed by atoms with E-state index in [-0.39, 0.29) is 0 Å². The molecule has 0 aromatic carbocycles. The van der Waals surface area contributed by atoms with Gasteiger partial charge >= 0.3 is 0 Å². The number of aromatic nitrogens is 2. The lowest BCUT2D eigenvalue weighted by atomic mass is 10.3. The van der Waals surface area contributed by atoms with Crippen LogP contribution in [0.15, 0.2) is 53.9 Å². The molecule has 2 heterocycles. The summed E-state index contributed by atoms with van der Waals surface area (Å²) in [6, 6.07) is 11.5. The first-order chi connectivity index (χ1) is 8.27. The summed E-state index contributed by atoms with van der Waals surface area (Å²) >= 11 is 0. The van der Waals surface area contributed by atoms with Gasteiger partial charge in [0.2, 0.25) is 0 Å². The van der Waals surface area contributed by atoms with E-state index in [4.69, 9.17) is 0 Å². The summed E-state index contributed by atoms with van der Waals surface area (Å²) in [5, 5.41) is 6.18. The molecular weight excluding hydrogens is 212 g/mol. The fourth-order valence-electron chi connectivity index (χ4n) is 1.45. The minimum Gasteiger partial charge on any atom is -0.255 e. The molecule has 0 radical (unpaired) electrons. The van der Waals surface area contributed by atoms with Gasteiger partial charge in [-0.25, -0.2) is 4.98 Å². The lowest BCUT2D eigenvalue weighted by Crippen LogP contribution is -2.13. The predicted octanol–water partition coefficient (Wildman–Crippen LogP) is 2.34. The Kier molecular flexibility index (Phi) is 3.45. The summed E-state index contributed by atoms with van der Waals surface area (Å²) in [4.78, 5) is 8.47. The molecule has 0 saturated carbocycles. The molecule has 2 rings (SSSR count). The van der Waals surface area contributed by atoms with Gasteiger partial charge in [-0.3, -0.25) is 9.99 Å². The summed E-state index contributed by atoms with van der Waals surface area (Å²) in [6.07, 6.45) is 3.51. The molecule has 0 fully saturated rings. The van der Waals surface area contributed by atoms with Crippen LogP contribution in [0.2, 0.25) is 0 Å². The third-order valence-electron chi connectivity index (χ3n) is 2.32. The highest BCUT2D eigenvalue weighted by Crippen LogP contribution is 2.08. The third-order valence-corrected chi connectivity index (χ3v) is 2.32. The standard InChI is InChI=1S/C13H14N4/c1-11(12-7-3-5-9-14-12)16-17(2)13-8-4-6-10-15-13/h3-10H,1-2H3. The molecule has 17 heavy (non-hydrogen) atoms. The molecule has 2 aromatic rings. The van der Waals surface area contributed by atoms with Gasteiger partial charge in [-0.05, 0) is 31.2 Å². The molecular formula is C13H14N4. The first kappa shape index (κ1) is 11.3. The van der Waals surface area contributed by atoms with Crippen LogP contribution in [-0.2, 0) is 0 Å². The van der Waals surface area contributed by atoms with Crippen LogP contribution in [0.4, 0.5) is 5.82 Å². The van der Waals surface area contributed by atoms with Crippen LogP contribution in [0.25, 0.3) is 0 Å². The largest absolute Gasteiger partial charge is 0.255 e. The van der Waals surface area contributed by atoms with Crippen molar-refractivity contribution < 1.29 is 0 Å². The summed E-state index contributed by atoms with van der Waals surface area (Å²) in [7, 11) is 1.87. The molecule has 0 saturated heterocycles. The average molecular weight is 226 g/mol. The second kappa shape index (κ2) is 5.21. The molecule has 0 unspecified atom stereocenters. The highest BCUT2D eigenvalue weighted by molar-refractivity contribution is 5.97. The van der Waals surface area contributed by atoms with Gasteiger partial charge in [0, 0.05) is 19.4 Å². The summed E-state index contributed by atoms with van der Waals surface area (Å²) in [5.41, 5.74) is 1.73. The van der Waals surface area contributed by atoms with E-state index in [1.165, 1.54) is 0 Å². The van der Waals surface area contributed by atoms with Gasteiger partial charge in [0.25, 0.3) is 0 Å². The Morgan fingerprint density at radius 2 is 1.76 bits per heavy atom. The SMILES string of the molecule is CC(=NN(C)c1ccccn1)c1ccccn1. The molecule has 4 nitrogen and oxygen atoms in total. The van der Waals surface area contributed by atoms with Gasteiger partial charge in [0.05, 0.1) is 11.4 Å². The minimum atomic E-state index is 0.808. The van der Waals surface area contributed by atoms with Gasteiger partial charge in [0.15, 0.2) is 0 Å². The number of nitrogens with zero attached hydrogens (tertiary/aromatic N) is 4. The molecule has 0 aliphatic carbocycles. The monoisotopic (exact) mass is 226 g/mol. The van der Waals surface area contributed by atoms with Crippen LogP contribution >= 0.6 is 0 Å². The number of pyridine rings is 2. The van der Waals surface area contributed by atoms with Gasteiger partial charge in [-0.1, -0.05) is 12.1 Å². The first-order valence-corrected chi connectivity index (χ1v) is 5.39. The van der Waals surface area contributed by atoms with E-state index >= 15 is 0 Å². The predicted molar refractivity (Wildman–Crippen MR) is 69.1 cm³/mol. The maximum absolute atomic E-state index is 4.44. The van der Waals surface area contributed by atoms with E-state index < -0.39 is 0 Å². The molecule has 0 amide bonds. The van der Waals surface area contributed by atoms with Crippen molar-refractivity contribution in [2.45, 2.75) is 6.92 Å². The van der Waals surface area contributed by atoms with E-state index in [1.54, 1.807) is 17.4 Å². The lowest BCUT2D eigenvalue weighted by Gasteiger charge is -2.12. The minimum absolute atomic E-state index is 0.808. The fourth-order valence-corrected chi connectivity index (χ4v) is 1.45. The normalized spacial score (nSPS) is 11.3. The Balaban J connectivity index is 2.20. The molecule has 0 N–H and O–H groups in total. The Hall–Kier alpha value is -2.23. The maximum Gasteiger partial charge on any atom is 0.148 e. The van der Waals surface area contributed by atoms with Gasteiger partial charge in [-0.2, -0.15) is 5.10 Å². The van der Waals surface area contributed by atoms with E-state index in [1.807, 2.05) is 50.4 Å². The third kappa shape index (κ3) is 2.87. The molecule has 4 heteroatoms. The molecule has 0 atom stereocenters. The van der Waals surface area contributed by atoms with Crippen molar-refractivity contribution in [2.24, 2.45) is 5.10 Å². The first-order valence-electron chi connectivity index (χ1n) is 5.39. The second-order valence-corrected chi connectivity index (χ2v) is 3.61. The average Bonchev–Trinajstić information content (AvgIpc) is 2.40. The second-order valence-electron chi connectivity index (χ2n) is 3.61. The number of hydrazone groups is 1. The zero-order chi connectivity index (χ0) is 12.1. The van der Waals surface area contributed by atoms with Crippen LogP contribution in [-0.4, -0.2) is 22.7 Å². The van der Waals surface area contributed by atoms with Crippen LogP contribution in [0.3, 0.4) is 0 Å².